The number of rotatable bonds is 5. The van der Waals surface area contributed by atoms with Gasteiger partial charge in [0, 0.05) is 5.56 Å². The third kappa shape index (κ3) is 2.59. The molecule has 0 amide bonds. The van der Waals surface area contributed by atoms with Crippen LogP contribution >= 0.6 is 0 Å². The van der Waals surface area contributed by atoms with E-state index in [9.17, 15) is 0 Å². The van der Waals surface area contributed by atoms with E-state index < -0.39 is 0 Å². The zero-order chi connectivity index (χ0) is 13.0. The first-order valence-electron chi connectivity index (χ1n) is 6.41. The predicted octanol–water partition coefficient (Wildman–Crippen LogP) is 3.10. The summed E-state index contributed by atoms with van der Waals surface area (Å²) in [5.41, 5.74) is 7.79. The van der Waals surface area contributed by atoms with Crippen LogP contribution in [0.3, 0.4) is 0 Å². The summed E-state index contributed by atoms with van der Waals surface area (Å²) in [5.74, 6) is 1.67. The third-order valence-corrected chi connectivity index (χ3v) is 3.24. The molecule has 2 rings (SSSR count). The van der Waals surface area contributed by atoms with Crippen LogP contribution in [0.5, 0.6) is 0 Å². The molecule has 0 aliphatic carbocycles. The molecule has 4 nitrogen and oxygen atoms in total. The van der Waals surface area contributed by atoms with Crippen molar-refractivity contribution in [2.24, 2.45) is 5.73 Å². The second-order valence-electron chi connectivity index (χ2n) is 4.35. The predicted molar refractivity (Wildman–Crippen MR) is 70.9 cm³/mol. The summed E-state index contributed by atoms with van der Waals surface area (Å²) in [6.07, 6.45) is 2.28. The van der Waals surface area contributed by atoms with Crippen molar-refractivity contribution in [1.29, 1.82) is 0 Å². The second-order valence-corrected chi connectivity index (χ2v) is 4.35. The molecule has 1 heterocycles. The molecule has 0 atom stereocenters. The average molecular weight is 245 g/mol. The van der Waals surface area contributed by atoms with Gasteiger partial charge in [-0.25, -0.2) is 0 Å². The zero-order valence-electron chi connectivity index (χ0n) is 10.9. The van der Waals surface area contributed by atoms with Gasteiger partial charge in [0.25, 0.3) is 0 Å². The number of nitrogens with zero attached hydrogens (tertiary/aromatic N) is 2. The van der Waals surface area contributed by atoms with Crippen LogP contribution in [0.4, 0.5) is 0 Å². The molecule has 0 aliphatic rings. The fraction of sp³-hybridized carbons (Fsp3) is 0.429. The molecule has 0 saturated carbocycles. The van der Waals surface area contributed by atoms with E-state index in [2.05, 4.69) is 36.1 Å². The maximum atomic E-state index is 5.47. The van der Waals surface area contributed by atoms with Gasteiger partial charge < -0.3 is 10.3 Å². The molecule has 0 aliphatic heterocycles. The summed E-state index contributed by atoms with van der Waals surface area (Å²) in [6, 6.07) is 8.34. The fourth-order valence-electron chi connectivity index (χ4n) is 2.15. The van der Waals surface area contributed by atoms with Crippen LogP contribution in [0.25, 0.3) is 11.4 Å². The van der Waals surface area contributed by atoms with Crippen LogP contribution < -0.4 is 5.73 Å². The number of nitrogens with two attached hydrogens (primary N) is 1. The monoisotopic (exact) mass is 245 g/mol. The van der Waals surface area contributed by atoms with Crippen molar-refractivity contribution in [3.05, 3.63) is 35.7 Å². The van der Waals surface area contributed by atoms with Crippen molar-refractivity contribution in [2.75, 3.05) is 0 Å². The van der Waals surface area contributed by atoms with Gasteiger partial charge >= 0.3 is 0 Å². The molecule has 18 heavy (non-hydrogen) atoms. The Morgan fingerprint density at radius 3 is 2.67 bits per heavy atom. The smallest absolute Gasteiger partial charge is 0.240 e. The van der Waals surface area contributed by atoms with Crippen molar-refractivity contribution in [2.45, 2.75) is 39.2 Å². The number of aromatic nitrogens is 2. The van der Waals surface area contributed by atoms with Crippen molar-refractivity contribution in [3.8, 4) is 11.4 Å². The molecule has 1 aromatic heterocycles. The van der Waals surface area contributed by atoms with E-state index in [4.69, 9.17) is 10.3 Å². The van der Waals surface area contributed by atoms with Crippen LogP contribution in [-0.4, -0.2) is 10.1 Å². The van der Waals surface area contributed by atoms with Gasteiger partial charge in [-0.2, -0.15) is 4.98 Å². The molecule has 1 aromatic carbocycles. The first-order valence-corrected chi connectivity index (χ1v) is 6.41. The summed E-state index contributed by atoms with van der Waals surface area (Å²) in [4.78, 5) is 4.25. The zero-order valence-corrected chi connectivity index (χ0v) is 10.9. The van der Waals surface area contributed by atoms with Gasteiger partial charge in [-0.1, -0.05) is 37.2 Å². The standard InChI is InChI=1S/C14H19N3O/c1-3-10(4-2)11-6-5-7-12(8-11)14-16-13(9-15)18-17-14/h5-8,10H,3-4,9,15H2,1-2H3. The van der Waals surface area contributed by atoms with Gasteiger partial charge in [-0.15, -0.1) is 0 Å². The van der Waals surface area contributed by atoms with E-state index in [-0.39, 0.29) is 6.54 Å². The van der Waals surface area contributed by atoms with E-state index in [1.54, 1.807) is 0 Å². The van der Waals surface area contributed by atoms with E-state index in [0.717, 1.165) is 18.4 Å². The Morgan fingerprint density at radius 2 is 2.06 bits per heavy atom. The van der Waals surface area contributed by atoms with E-state index >= 15 is 0 Å². The Kier molecular flexibility index (Phi) is 4.10. The van der Waals surface area contributed by atoms with Crippen LogP contribution in [-0.2, 0) is 6.54 Å². The molecular weight excluding hydrogens is 226 g/mol. The van der Waals surface area contributed by atoms with Gasteiger partial charge in [0.05, 0.1) is 6.54 Å². The van der Waals surface area contributed by atoms with Crippen molar-refractivity contribution in [1.82, 2.24) is 10.1 Å². The average Bonchev–Trinajstić information content (AvgIpc) is 2.89. The van der Waals surface area contributed by atoms with E-state index in [1.807, 2.05) is 12.1 Å². The molecule has 96 valence electrons. The van der Waals surface area contributed by atoms with Gasteiger partial charge in [0.1, 0.15) is 0 Å². The lowest BCUT2D eigenvalue weighted by Crippen LogP contribution is -1.97. The highest BCUT2D eigenvalue weighted by molar-refractivity contribution is 5.55. The van der Waals surface area contributed by atoms with E-state index in [0.29, 0.717) is 17.6 Å². The Morgan fingerprint density at radius 1 is 1.28 bits per heavy atom. The van der Waals surface area contributed by atoms with Crippen LogP contribution in [0.15, 0.2) is 28.8 Å². The van der Waals surface area contributed by atoms with Crippen molar-refractivity contribution >= 4 is 0 Å². The van der Waals surface area contributed by atoms with Crippen LogP contribution in [0.2, 0.25) is 0 Å². The summed E-state index contributed by atoms with van der Waals surface area (Å²) < 4.78 is 5.04. The first kappa shape index (κ1) is 12.8. The molecule has 4 heteroatoms. The Balaban J connectivity index is 2.31. The molecule has 0 saturated heterocycles. The number of hydrogen-bond donors (Lipinski definition) is 1. The summed E-state index contributed by atoms with van der Waals surface area (Å²) in [7, 11) is 0. The summed E-state index contributed by atoms with van der Waals surface area (Å²) in [5, 5.41) is 3.94. The SMILES string of the molecule is CCC(CC)c1cccc(-c2noc(CN)n2)c1. The molecule has 0 spiro atoms. The fourth-order valence-corrected chi connectivity index (χ4v) is 2.15. The van der Waals surface area contributed by atoms with Crippen molar-refractivity contribution in [3.63, 3.8) is 0 Å². The molecular formula is C14H19N3O. The first-order chi connectivity index (χ1) is 8.78. The lowest BCUT2D eigenvalue weighted by molar-refractivity contribution is 0.380. The maximum absolute atomic E-state index is 5.47. The Hall–Kier alpha value is -1.68. The lowest BCUT2D eigenvalue weighted by Gasteiger charge is -2.13. The highest BCUT2D eigenvalue weighted by Gasteiger charge is 2.11. The number of benzene rings is 1. The van der Waals surface area contributed by atoms with Gasteiger partial charge in [0.15, 0.2) is 0 Å². The minimum Gasteiger partial charge on any atom is -0.338 e. The van der Waals surface area contributed by atoms with Gasteiger partial charge in [-0.05, 0) is 30.4 Å². The summed E-state index contributed by atoms with van der Waals surface area (Å²) >= 11 is 0. The highest BCUT2D eigenvalue weighted by atomic mass is 16.5. The quantitative estimate of drug-likeness (QED) is 0.879. The van der Waals surface area contributed by atoms with Crippen molar-refractivity contribution < 1.29 is 4.52 Å². The Bertz CT molecular complexity index is 503. The normalized spacial score (nSPS) is 11.1. The number of hydrogen-bond acceptors (Lipinski definition) is 4. The lowest BCUT2D eigenvalue weighted by atomic mass is 9.93. The largest absolute Gasteiger partial charge is 0.338 e. The third-order valence-electron chi connectivity index (χ3n) is 3.24. The topological polar surface area (TPSA) is 64.9 Å². The molecule has 2 N–H and O–H groups in total. The molecule has 0 unspecified atom stereocenters. The highest BCUT2D eigenvalue weighted by Crippen LogP contribution is 2.26. The summed E-state index contributed by atoms with van der Waals surface area (Å²) in [6.45, 7) is 4.70. The maximum Gasteiger partial charge on any atom is 0.240 e. The molecule has 0 bridgehead atoms. The molecule has 0 fully saturated rings. The molecule has 2 aromatic rings. The minimum atomic E-state index is 0.277. The van der Waals surface area contributed by atoms with Gasteiger partial charge in [0.2, 0.25) is 11.7 Å². The molecule has 0 radical (unpaired) electrons. The second kappa shape index (κ2) is 5.78. The van der Waals surface area contributed by atoms with Gasteiger partial charge in [-0.3, -0.25) is 0 Å². The van der Waals surface area contributed by atoms with Crippen LogP contribution in [0.1, 0.15) is 44.1 Å². The Labute approximate surface area is 107 Å². The van der Waals surface area contributed by atoms with Crippen LogP contribution in [0, 0.1) is 0 Å². The minimum absolute atomic E-state index is 0.277. The van der Waals surface area contributed by atoms with E-state index in [1.165, 1.54) is 5.56 Å².